The SMILES string of the molecule is CC(Oc1ccc(Cl)cc1Cl)C(=O)OCCNC(=O)OC(C)(C)C. The molecule has 1 unspecified atom stereocenters. The molecule has 0 radical (unpaired) electrons. The zero-order valence-corrected chi connectivity index (χ0v) is 15.5. The van der Waals surface area contributed by atoms with Gasteiger partial charge in [-0.1, -0.05) is 23.2 Å². The van der Waals surface area contributed by atoms with Gasteiger partial charge in [-0.3, -0.25) is 0 Å². The van der Waals surface area contributed by atoms with Crippen LogP contribution in [-0.2, 0) is 14.3 Å². The molecule has 1 aromatic carbocycles. The summed E-state index contributed by atoms with van der Waals surface area (Å²) in [5.74, 6) is -0.246. The lowest BCUT2D eigenvalue weighted by Gasteiger charge is -2.19. The van der Waals surface area contributed by atoms with E-state index in [1.54, 1.807) is 32.9 Å². The minimum absolute atomic E-state index is 0.000125. The minimum Gasteiger partial charge on any atom is -0.477 e. The summed E-state index contributed by atoms with van der Waals surface area (Å²) in [6.07, 6.45) is -1.43. The number of carbonyl (C=O) groups is 2. The highest BCUT2D eigenvalue weighted by atomic mass is 35.5. The van der Waals surface area contributed by atoms with Crippen molar-refractivity contribution in [2.45, 2.75) is 39.4 Å². The highest BCUT2D eigenvalue weighted by molar-refractivity contribution is 6.35. The number of rotatable bonds is 6. The molecule has 0 bridgehead atoms. The normalized spacial score (nSPS) is 12.2. The monoisotopic (exact) mass is 377 g/mol. The standard InChI is InChI=1S/C16H21Cl2NO5/c1-10(23-13-6-5-11(17)9-12(13)18)14(20)22-8-7-19-15(21)24-16(2,3)4/h5-6,9-10H,7-8H2,1-4H3,(H,19,21). The number of hydrogen-bond donors (Lipinski definition) is 1. The zero-order chi connectivity index (χ0) is 18.3. The molecule has 0 saturated heterocycles. The number of esters is 1. The van der Waals surface area contributed by atoms with E-state index in [2.05, 4.69) is 5.32 Å². The zero-order valence-electron chi connectivity index (χ0n) is 14.0. The van der Waals surface area contributed by atoms with Crippen molar-refractivity contribution >= 4 is 35.3 Å². The maximum Gasteiger partial charge on any atom is 0.407 e. The van der Waals surface area contributed by atoms with Gasteiger partial charge in [0.05, 0.1) is 11.6 Å². The Labute approximate surface area is 151 Å². The van der Waals surface area contributed by atoms with Gasteiger partial charge in [-0.2, -0.15) is 0 Å². The molecule has 0 aliphatic heterocycles. The second kappa shape index (κ2) is 8.99. The molecule has 0 aliphatic rings. The summed E-state index contributed by atoms with van der Waals surface area (Å²) < 4.78 is 15.5. The molecular weight excluding hydrogens is 357 g/mol. The van der Waals surface area contributed by atoms with Crippen LogP contribution in [0.5, 0.6) is 5.75 Å². The molecule has 1 N–H and O–H groups in total. The highest BCUT2D eigenvalue weighted by Crippen LogP contribution is 2.28. The number of nitrogens with one attached hydrogen (secondary N) is 1. The first-order valence-electron chi connectivity index (χ1n) is 7.33. The Balaban J connectivity index is 2.33. The van der Waals surface area contributed by atoms with Crippen LogP contribution in [0.25, 0.3) is 0 Å². The Morgan fingerprint density at radius 2 is 1.92 bits per heavy atom. The average Bonchev–Trinajstić information content (AvgIpc) is 2.44. The number of amides is 1. The van der Waals surface area contributed by atoms with E-state index < -0.39 is 23.8 Å². The van der Waals surface area contributed by atoms with Crippen molar-refractivity contribution < 1.29 is 23.8 Å². The maximum absolute atomic E-state index is 11.8. The lowest BCUT2D eigenvalue weighted by Crippen LogP contribution is -2.35. The molecule has 0 fully saturated rings. The van der Waals surface area contributed by atoms with Gasteiger partial charge in [0, 0.05) is 5.02 Å². The fraction of sp³-hybridized carbons (Fsp3) is 0.500. The third kappa shape index (κ3) is 7.75. The largest absolute Gasteiger partial charge is 0.477 e. The van der Waals surface area contributed by atoms with E-state index in [1.165, 1.54) is 13.0 Å². The topological polar surface area (TPSA) is 73.9 Å². The quantitative estimate of drug-likeness (QED) is 0.602. The summed E-state index contributed by atoms with van der Waals surface area (Å²) in [4.78, 5) is 23.3. The minimum atomic E-state index is -0.856. The van der Waals surface area contributed by atoms with Gasteiger partial charge in [0.25, 0.3) is 0 Å². The van der Waals surface area contributed by atoms with Crippen LogP contribution >= 0.6 is 23.2 Å². The first kappa shape index (κ1) is 20.4. The van der Waals surface area contributed by atoms with Gasteiger partial charge < -0.3 is 19.5 Å². The maximum atomic E-state index is 11.8. The van der Waals surface area contributed by atoms with Crippen LogP contribution in [0.2, 0.25) is 10.0 Å². The fourth-order valence-corrected chi connectivity index (χ4v) is 2.00. The first-order valence-corrected chi connectivity index (χ1v) is 8.09. The predicted octanol–water partition coefficient (Wildman–Crippen LogP) is 3.83. The summed E-state index contributed by atoms with van der Waals surface area (Å²) in [5, 5.41) is 3.25. The van der Waals surface area contributed by atoms with Crippen molar-refractivity contribution in [1.82, 2.24) is 5.32 Å². The summed E-state index contributed by atoms with van der Waals surface area (Å²) in [6, 6.07) is 4.69. The van der Waals surface area contributed by atoms with E-state index >= 15 is 0 Å². The average molecular weight is 378 g/mol. The molecular formula is C16H21Cl2NO5. The molecule has 1 amide bonds. The van der Waals surface area contributed by atoms with Crippen LogP contribution in [0.3, 0.4) is 0 Å². The van der Waals surface area contributed by atoms with Crippen molar-refractivity contribution in [3.05, 3.63) is 28.2 Å². The predicted molar refractivity (Wildman–Crippen MR) is 91.7 cm³/mol. The lowest BCUT2D eigenvalue weighted by atomic mass is 10.2. The van der Waals surface area contributed by atoms with Crippen molar-refractivity contribution in [2.75, 3.05) is 13.2 Å². The smallest absolute Gasteiger partial charge is 0.407 e. The van der Waals surface area contributed by atoms with E-state index in [0.29, 0.717) is 15.8 Å². The van der Waals surface area contributed by atoms with Crippen LogP contribution in [-0.4, -0.2) is 36.9 Å². The summed E-state index contributed by atoms with van der Waals surface area (Å²) in [7, 11) is 0. The van der Waals surface area contributed by atoms with E-state index in [1.807, 2.05) is 0 Å². The number of carbonyl (C=O) groups excluding carboxylic acids is 2. The Hall–Kier alpha value is -1.66. The van der Waals surface area contributed by atoms with Crippen LogP contribution in [0.4, 0.5) is 4.79 Å². The van der Waals surface area contributed by atoms with Gasteiger partial charge in [-0.15, -0.1) is 0 Å². The van der Waals surface area contributed by atoms with Gasteiger partial charge in [-0.05, 0) is 45.9 Å². The molecule has 24 heavy (non-hydrogen) atoms. The summed E-state index contributed by atoms with van der Waals surface area (Å²) in [6.45, 7) is 6.94. The second-order valence-electron chi connectivity index (χ2n) is 5.93. The number of hydrogen-bond acceptors (Lipinski definition) is 5. The fourth-order valence-electron chi connectivity index (χ4n) is 1.55. The summed E-state index contributed by atoms with van der Waals surface area (Å²) >= 11 is 11.8. The molecule has 8 heteroatoms. The molecule has 0 saturated carbocycles. The van der Waals surface area contributed by atoms with Crippen molar-refractivity contribution in [3.8, 4) is 5.75 Å². The molecule has 1 atom stereocenters. The van der Waals surface area contributed by atoms with Crippen LogP contribution in [0.15, 0.2) is 18.2 Å². The molecule has 134 valence electrons. The Kier molecular flexibility index (Phi) is 7.63. The number of halogens is 2. The van der Waals surface area contributed by atoms with Crippen LogP contribution in [0, 0.1) is 0 Å². The van der Waals surface area contributed by atoms with Gasteiger partial charge in [0.2, 0.25) is 0 Å². The molecule has 0 spiro atoms. The third-order valence-corrected chi connectivity index (χ3v) is 3.07. The Morgan fingerprint density at radius 3 is 2.50 bits per heavy atom. The van der Waals surface area contributed by atoms with Crippen LogP contribution < -0.4 is 10.1 Å². The van der Waals surface area contributed by atoms with E-state index in [9.17, 15) is 9.59 Å². The molecule has 1 aromatic rings. The Morgan fingerprint density at radius 1 is 1.25 bits per heavy atom. The van der Waals surface area contributed by atoms with Gasteiger partial charge in [0.15, 0.2) is 6.10 Å². The lowest BCUT2D eigenvalue weighted by molar-refractivity contribution is -0.150. The molecule has 1 rings (SSSR count). The number of ether oxygens (including phenoxy) is 3. The van der Waals surface area contributed by atoms with Gasteiger partial charge >= 0.3 is 12.1 Å². The highest BCUT2D eigenvalue weighted by Gasteiger charge is 2.19. The second-order valence-corrected chi connectivity index (χ2v) is 6.77. The molecule has 0 aliphatic carbocycles. The van der Waals surface area contributed by atoms with Gasteiger partial charge in [-0.25, -0.2) is 9.59 Å². The molecule has 0 aromatic heterocycles. The molecule has 6 nitrogen and oxygen atoms in total. The number of alkyl carbamates (subject to hydrolysis) is 1. The van der Waals surface area contributed by atoms with E-state index in [-0.39, 0.29) is 13.2 Å². The third-order valence-electron chi connectivity index (χ3n) is 2.54. The van der Waals surface area contributed by atoms with E-state index in [4.69, 9.17) is 37.4 Å². The first-order chi connectivity index (χ1) is 11.1. The van der Waals surface area contributed by atoms with Crippen molar-refractivity contribution in [1.29, 1.82) is 0 Å². The molecule has 0 heterocycles. The van der Waals surface area contributed by atoms with E-state index in [0.717, 1.165) is 0 Å². The Bertz CT molecular complexity index is 586. The van der Waals surface area contributed by atoms with Crippen LogP contribution in [0.1, 0.15) is 27.7 Å². The summed E-state index contributed by atoms with van der Waals surface area (Å²) in [5.41, 5.74) is -0.582. The van der Waals surface area contributed by atoms with Crippen molar-refractivity contribution in [2.24, 2.45) is 0 Å². The number of benzene rings is 1. The van der Waals surface area contributed by atoms with Gasteiger partial charge in [0.1, 0.15) is 18.0 Å². The van der Waals surface area contributed by atoms with Crippen molar-refractivity contribution in [3.63, 3.8) is 0 Å².